The van der Waals surface area contributed by atoms with Gasteiger partial charge in [0, 0.05) is 0 Å². The average molecular weight is 481 g/mol. The Bertz CT molecular complexity index is 756. The SMILES string of the molecule is CCCCCCCCCCCC1CCC(C2CC=C(c3ccc(C(F)(F)F)c(F)c3)CC2)CC1. The molecule has 4 heteroatoms. The van der Waals surface area contributed by atoms with Gasteiger partial charge in [-0.15, -0.1) is 0 Å². The van der Waals surface area contributed by atoms with E-state index < -0.39 is 17.6 Å². The molecule has 0 aliphatic heterocycles. The maximum absolute atomic E-state index is 14.0. The highest BCUT2D eigenvalue weighted by molar-refractivity contribution is 5.66. The number of rotatable bonds is 12. The van der Waals surface area contributed by atoms with Crippen LogP contribution in [0.3, 0.4) is 0 Å². The molecule has 1 saturated carbocycles. The normalized spacial score (nSPS) is 23.7. The fraction of sp³-hybridized carbons (Fsp3) is 0.733. The van der Waals surface area contributed by atoms with Crippen LogP contribution in [-0.2, 0) is 6.18 Å². The van der Waals surface area contributed by atoms with Crippen LogP contribution in [0.2, 0.25) is 0 Å². The van der Waals surface area contributed by atoms with Crippen LogP contribution in [0.15, 0.2) is 24.3 Å². The van der Waals surface area contributed by atoms with Crippen LogP contribution >= 0.6 is 0 Å². The van der Waals surface area contributed by atoms with Crippen molar-refractivity contribution in [2.45, 2.75) is 122 Å². The topological polar surface area (TPSA) is 0 Å². The van der Waals surface area contributed by atoms with E-state index in [1.165, 1.54) is 96.0 Å². The van der Waals surface area contributed by atoms with Crippen LogP contribution in [0, 0.1) is 23.6 Å². The lowest BCUT2D eigenvalue weighted by atomic mass is 9.70. The number of allylic oxidation sites excluding steroid dienone is 2. The van der Waals surface area contributed by atoms with Crippen LogP contribution in [0.5, 0.6) is 0 Å². The molecule has 1 atom stereocenters. The fourth-order valence-electron chi connectivity index (χ4n) is 6.18. The fourth-order valence-corrected chi connectivity index (χ4v) is 6.18. The lowest BCUT2D eigenvalue weighted by Gasteiger charge is -2.35. The molecule has 1 unspecified atom stereocenters. The van der Waals surface area contributed by atoms with Crippen molar-refractivity contribution >= 4 is 5.57 Å². The van der Waals surface area contributed by atoms with Crippen molar-refractivity contribution in [3.05, 3.63) is 41.2 Å². The Morgan fingerprint density at radius 1 is 0.794 bits per heavy atom. The molecule has 0 bridgehead atoms. The number of hydrogen-bond donors (Lipinski definition) is 0. The van der Waals surface area contributed by atoms with Crippen LogP contribution in [0.1, 0.15) is 127 Å². The van der Waals surface area contributed by atoms with Crippen LogP contribution in [0.25, 0.3) is 5.57 Å². The van der Waals surface area contributed by atoms with E-state index in [1.807, 2.05) is 0 Å². The zero-order valence-corrected chi connectivity index (χ0v) is 21.1. The van der Waals surface area contributed by atoms with Crippen molar-refractivity contribution in [1.29, 1.82) is 0 Å². The van der Waals surface area contributed by atoms with Gasteiger partial charge < -0.3 is 0 Å². The summed E-state index contributed by atoms with van der Waals surface area (Å²) >= 11 is 0. The number of halogens is 4. The Morgan fingerprint density at radius 3 is 2.00 bits per heavy atom. The second-order valence-electron chi connectivity index (χ2n) is 10.9. The average Bonchev–Trinajstić information content (AvgIpc) is 2.83. The first-order valence-corrected chi connectivity index (χ1v) is 13.9. The molecule has 1 aromatic carbocycles. The highest BCUT2D eigenvalue weighted by atomic mass is 19.4. The van der Waals surface area contributed by atoms with E-state index in [-0.39, 0.29) is 0 Å². The van der Waals surface area contributed by atoms with Crippen molar-refractivity contribution < 1.29 is 17.6 Å². The zero-order valence-electron chi connectivity index (χ0n) is 21.1. The molecule has 34 heavy (non-hydrogen) atoms. The van der Waals surface area contributed by atoms with Gasteiger partial charge in [0.1, 0.15) is 5.82 Å². The standard InChI is InChI=1S/C30H44F4/c1-2-3-4-5-6-7-8-9-10-11-23-12-14-24(15-13-23)25-16-18-26(19-17-25)27-20-21-28(29(31)22-27)30(32,33)34/h18,20-25H,2-17,19H2,1H3. The summed E-state index contributed by atoms with van der Waals surface area (Å²) in [5.74, 6) is 1.20. The number of alkyl halides is 3. The minimum absolute atomic E-state index is 0.605. The molecule has 0 amide bonds. The maximum Gasteiger partial charge on any atom is 0.419 e. The molecule has 0 nitrogen and oxygen atoms in total. The Morgan fingerprint density at radius 2 is 1.44 bits per heavy atom. The number of unbranched alkanes of at least 4 members (excludes halogenated alkanes) is 8. The lowest BCUT2D eigenvalue weighted by molar-refractivity contribution is -0.140. The molecule has 0 N–H and O–H groups in total. The van der Waals surface area contributed by atoms with Crippen LogP contribution in [-0.4, -0.2) is 0 Å². The highest BCUT2D eigenvalue weighted by Crippen LogP contribution is 2.42. The van der Waals surface area contributed by atoms with Crippen LogP contribution < -0.4 is 0 Å². The maximum atomic E-state index is 14.0. The molecular formula is C30H44F4. The van der Waals surface area contributed by atoms with E-state index in [4.69, 9.17) is 0 Å². The molecule has 1 aromatic rings. The Kier molecular flexibility index (Phi) is 11.0. The first-order chi connectivity index (χ1) is 16.4. The van der Waals surface area contributed by atoms with Crippen molar-refractivity contribution in [2.75, 3.05) is 0 Å². The molecule has 0 saturated heterocycles. The molecule has 2 aliphatic carbocycles. The number of hydrogen-bond acceptors (Lipinski definition) is 0. The minimum Gasteiger partial charge on any atom is -0.206 e. The summed E-state index contributed by atoms with van der Waals surface area (Å²) in [4.78, 5) is 0. The lowest BCUT2D eigenvalue weighted by Crippen LogP contribution is -2.23. The zero-order chi connectivity index (χ0) is 24.4. The van der Waals surface area contributed by atoms with E-state index in [2.05, 4.69) is 13.0 Å². The van der Waals surface area contributed by atoms with Gasteiger partial charge in [0.05, 0.1) is 5.56 Å². The highest BCUT2D eigenvalue weighted by Gasteiger charge is 2.34. The van der Waals surface area contributed by atoms with E-state index in [0.29, 0.717) is 11.5 Å². The van der Waals surface area contributed by atoms with Gasteiger partial charge in [-0.25, -0.2) is 4.39 Å². The Labute approximate surface area is 204 Å². The Hall–Kier alpha value is -1.32. The van der Waals surface area contributed by atoms with Gasteiger partial charge >= 0.3 is 6.18 Å². The smallest absolute Gasteiger partial charge is 0.206 e. The predicted molar refractivity (Wildman–Crippen MR) is 134 cm³/mol. The third kappa shape index (κ3) is 8.41. The van der Waals surface area contributed by atoms with E-state index >= 15 is 0 Å². The van der Waals surface area contributed by atoms with Gasteiger partial charge in [-0.3, -0.25) is 0 Å². The van der Waals surface area contributed by atoms with Crippen molar-refractivity contribution in [1.82, 2.24) is 0 Å². The summed E-state index contributed by atoms with van der Waals surface area (Å²) in [6, 6.07) is 3.37. The van der Waals surface area contributed by atoms with E-state index in [0.717, 1.165) is 48.8 Å². The molecule has 0 aromatic heterocycles. The van der Waals surface area contributed by atoms with Gasteiger partial charge in [-0.1, -0.05) is 96.1 Å². The molecule has 2 aliphatic rings. The van der Waals surface area contributed by atoms with Crippen molar-refractivity contribution in [2.24, 2.45) is 17.8 Å². The second kappa shape index (κ2) is 13.7. The molecule has 0 heterocycles. The van der Waals surface area contributed by atoms with E-state index in [9.17, 15) is 17.6 Å². The van der Waals surface area contributed by atoms with Gasteiger partial charge in [-0.05, 0) is 73.1 Å². The quantitative estimate of drug-likeness (QED) is 0.206. The summed E-state index contributed by atoms with van der Waals surface area (Å²) in [5, 5.41) is 0. The van der Waals surface area contributed by atoms with Gasteiger partial charge in [0.25, 0.3) is 0 Å². The molecule has 0 radical (unpaired) electrons. The first kappa shape index (κ1) is 27.3. The second-order valence-corrected chi connectivity index (χ2v) is 10.9. The van der Waals surface area contributed by atoms with Gasteiger partial charge in [0.2, 0.25) is 0 Å². The van der Waals surface area contributed by atoms with Gasteiger partial charge in [-0.2, -0.15) is 13.2 Å². The van der Waals surface area contributed by atoms with Crippen LogP contribution in [0.4, 0.5) is 17.6 Å². The summed E-state index contributed by atoms with van der Waals surface area (Å²) in [6.07, 6.45) is 19.7. The molecule has 0 spiro atoms. The van der Waals surface area contributed by atoms with Gasteiger partial charge in [0.15, 0.2) is 0 Å². The Balaban J connectivity index is 1.33. The van der Waals surface area contributed by atoms with Crippen molar-refractivity contribution in [3.63, 3.8) is 0 Å². The third-order valence-electron chi connectivity index (χ3n) is 8.37. The predicted octanol–water partition coefficient (Wildman–Crippen LogP) is 10.8. The summed E-state index contributed by atoms with van der Waals surface area (Å²) in [5.41, 5.74) is 0.432. The minimum atomic E-state index is -4.64. The number of benzene rings is 1. The van der Waals surface area contributed by atoms with E-state index in [1.54, 1.807) is 0 Å². The van der Waals surface area contributed by atoms with Crippen molar-refractivity contribution in [3.8, 4) is 0 Å². The summed E-state index contributed by atoms with van der Waals surface area (Å²) in [6.45, 7) is 2.27. The molecule has 3 rings (SSSR count). The molecule has 1 fully saturated rings. The molecular weight excluding hydrogens is 436 g/mol. The largest absolute Gasteiger partial charge is 0.419 e. The summed E-state index contributed by atoms with van der Waals surface area (Å²) in [7, 11) is 0. The molecule has 192 valence electrons. The monoisotopic (exact) mass is 480 g/mol. The first-order valence-electron chi connectivity index (χ1n) is 13.9. The third-order valence-corrected chi connectivity index (χ3v) is 8.37. The summed E-state index contributed by atoms with van der Waals surface area (Å²) < 4.78 is 52.4.